The van der Waals surface area contributed by atoms with E-state index in [9.17, 15) is 4.79 Å². The minimum atomic E-state index is -0.193. The van der Waals surface area contributed by atoms with Gasteiger partial charge in [-0.25, -0.2) is 4.98 Å². The number of hydrogen-bond donors (Lipinski definition) is 2. The largest absolute Gasteiger partial charge is 0.397 e. The number of nitrogens with two attached hydrogens (primary N) is 1. The number of halogens is 1. The number of rotatable bonds is 3. The van der Waals surface area contributed by atoms with Crippen molar-refractivity contribution < 1.29 is 4.79 Å². The molecule has 0 aliphatic rings. The molecule has 2 heterocycles. The van der Waals surface area contributed by atoms with Crippen LogP contribution in [0.25, 0.3) is 0 Å². The maximum atomic E-state index is 12.2. The molecule has 0 aliphatic heterocycles. The number of nitrogens with one attached hydrogen (secondary N) is 1. The molecule has 0 spiro atoms. The standard InChI is InChI=1S/C13H15BrN4O/c1-3-18-7-9(15)5-11(18)13(19)17-10-4-8(2)12(14)16-6-10/h4-7H,3,15H2,1-2H3,(H,17,19). The molecule has 2 rings (SSSR count). The molecule has 0 saturated heterocycles. The van der Waals surface area contributed by atoms with Gasteiger partial charge in [-0.2, -0.15) is 0 Å². The first-order chi connectivity index (χ1) is 9.01. The monoisotopic (exact) mass is 322 g/mol. The fourth-order valence-corrected chi connectivity index (χ4v) is 2.02. The van der Waals surface area contributed by atoms with E-state index < -0.39 is 0 Å². The number of pyridine rings is 1. The Kier molecular flexibility index (Phi) is 3.90. The summed E-state index contributed by atoms with van der Waals surface area (Å²) in [7, 11) is 0. The number of nitrogen functional groups attached to an aromatic ring is 1. The summed E-state index contributed by atoms with van der Waals surface area (Å²) in [5.74, 6) is -0.193. The maximum Gasteiger partial charge on any atom is 0.272 e. The summed E-state index contributed by atoms with van der Waals surface area (Å²) in [5.41, 5.74) is 8.46. The molecule has 0 unspecified atom stereocenters. The third-order valence-electron chi connectivity index (χ3n) is 2.76. The molecule has 100 valence electrons. The van der Waals surface area contributed by atoms with Gasteiger partial charge in [-0.15, -0.1) is 0 Å². The summed E-state index contributed by atoms with van der Waals surface area (Å²) in [4.78, 5) is 16.3. The fourth-order valence-electron chi connectivity index (χ4n) is 1.81. The Labute approximate surface area is 120 Å². The number of aryl methyl sites for hydroxylation is 2. The Morgan fingerprint density at radius 1 is 1.53 bits per heavy atom. The molecule has 3 N–H and O–H groups in total. The van der Waals surface area contributed by atoms with E-state index in [4.69, 9.17) is 5.73 Å². The molecule has 0 fully saturated rings. The van der Waals surface area contributed by atoms with Crippen LogP contribution in [0.2, 0.25) is 0 Å². The third kappa shape index (κ3) is 2.96. The number of anilines is 2. The highest BCUT2D eigenvalue weighted by molar-refractivity contribution is 9.10. The van der Waals surface area contributed by atoms with E-state index in [1.165, 1.54) is 0 Å². The second-order valence-electron chi connectivity index (χ2n) is 4.23. The van der Waals surface area contributed by atoms with Gasteiger partial charge in [0, 0.05) is 12.7 Å². The molecule has 0 radical (unpaired) electrons. The van der Waals surface area contributed by atoms with Gasteiger partial charge in [0.2, 0.25) is 0 Å². The number of carbonyl (C=O) groups excluding carboxylic acids is 1. The summed E-state index contributed by atoms with van der Waals surface area (Å²) in [6, 6.07) is 3.52. The van der Waals surface area contributed by atoms with Crippen molar-refractivity contribution in [1.29, 1.82) is 0 Å². The Bertz CT molecular complexity index is 621. The van der Waals surface area contributed by atoms with Gasteiger partial charge >= 0.3 is 0 Å². The van der Waals surface area contributed by atoms with Crippen molar-refractivity contribution in [2.45, 2.75) is 20.4 Å². The summed E-state index contributed by atoms with van der Waals surface area (Å²) in [6.07, 6.45) is 3.36. The van der Waals surface area contributed by atoms with Crippen LogP contribution in [-0.2, 0) is 6.54 Å². The van der Waals surface area contributed by atoms with Crippen LogP contribution in [0.5, 0.6) is 0 Å². The lowest BCUT2D eigenvalue weighted by Gasteiger charge is -2.08. The first-order valence-electron chi connectivity index (χ1n) is 5.90. The van der Waals surface area contributed by atoms with Crippen LogP contribution in [0.4, 0.5) is 11.4 Å². The van der Waals surface area contributed by atoms with Crippen LogP contribution in [-0.4, -0.2) is 15.5 Å². The second-order valence-corrected chi connectivity index (χ2v) is 4.98. The Morgan fingerprint density at radius 3 is 2.89 bits per heavy atom. The minimum absolute atomic E-state index is 0.193. The lowest BCUT2D eigenvalue weighted by molar-refractivity contribution is 0.101. The Morgan fingerprint density at radius 2 is 2.26 bits per heavy atom. The van der Waals surface area contributed by atoms with Crippen LogP contribution >= 0.6 is 15.9 Å². The van der Waals surface area contributed by atoms with E-state index in [2.05, 4.69) is 26.2 Å². The molecule has 2 aromatic heterocycles. The summed E-state index contributed by atoms with van der Waals surface area (Å²) >= 11 is 3.32. The highest BCUT2D eigenvalue weighted by Gasteiger charge is 2.12. The molecule has 6 heteroatoms. The van der Waals surface area contributed by atoms with Crippen molar-refractivity contribution in [2.24, 2.45) is 0 Å². The van der Waals surface area contributed by atoms with E-state index in [0.29, 0.717) is 23.6 Å². The van der Waals surface area contributed by atoms with Crippen molar-refractivity contribution in [3.8, 4) is 0 Å². The van der Waals surface area contributed by atoms with Gasteiger partial charge in [-0.05, 0) is 47.5 Å². The minimum Gasteiger partial charge on any atom is -0.397 e. The van der Waals surface area contributed by atoms with E-state index in [1.807, 2.05) is 24.5 Å². The van der Waals surface area contributed by atoms with Gasteiger partial charge in [0.05, 0.1) is 17.6 Å². The quantitative estimate of drug-likeness (QED) is 0.853. The molecular weight excluding hydrogens is 308 g/mol. The van der Waals surface area contributed by atoms with Crippen LogP contribution in [0, 0.1) is 6.92 Å². The number of nitrogens with zero attached hydrogens (tertiary/aromatic N) is 2. The SMILES string of the molecule is CCn1cc(N)cc1C(=O)Nc1cnc(Br)c(C)c1. The van der Waals surface area contributed by atoms with Crippen molar-refractivity contribution in [3.63, 3.8) is 0 Å². The van der Waals surface area contributed by atoms with Gasteiger partial charge < -0.3 is 15.6 Å². The van der Waals surface area contributed by atoms with Crippen molar-refractivity contribution in [3.05, 3.63) is 40.4 Å². The smallest absolute Gasteiger partial charge is 0.272 e. The zero-order chi connectivity index (χ0) is 14.0. The van der Waals surface area contributed by atoms with Crippen molar-refractivity contribution >= 4 is 33.2 Å². The van der Waals surface area contributed by atoms with Gasteiger partial charge in [0.25, 0.3) is 5.91 Å². The fraction of sp³-hybridized carbons (Fsp3) is 0.231. The van der Waals surface area contributed by atoms with Crippen LogP contribution in [0.3, 0.4) is 0 Å². The zero-order valence-electron chi connectivity index (χ0n) is 10.8. The van der Waals surface area contributed by atoms with Crippen molar-refractivity contribution in [1.82, 2.24) is 9.55 Å². The lowest BCUT2D eigenvalue weighted by atomic mass is 10.3. The highest BCUT2D eigenvalue weighted by Crippen LogP contribution is 2.18. The number of amides is 1. The molecule has 0 saturated carbocycles. The molecule has 0 aliphatic carbocycles. The Balaban J connectivity index is 2.22. The third-order valence-corrected chi connectivity index (χ3v) is 3.59. The van der Waals surface area contributed by atoms with Gasteiger partial charge in [0.1, 0.15) is 10.3 Å². The van der Waals surface area contributed by atoms with Crippen LogP contribution < -0.4 is 11.1 Å². The summed E-state index contributed by atoms with van der Waals surface area (Å²) in [6.45, 7) is 4.57. The molecule has 1 amide bonds. The highest BCUT2D eigenvalue weighted by atomic mass is 79.9. The first kappa shape index (κ1) is 13.6. The summed E-state index contributed by atoms with van der Waals surface area (Å²) in [5, 5.41) is 2.82. The molecule has 0 bridgehead atoms. The van der Waals surface area contributed by atoms with E-state index in [0.717, 1.165) is 10.2 Å². The van der Waals surface area contributed by atoms with Crippen LogP contribution in [0.1, 0.15) is 23.0 Å². The second kappa shape index (κ2) is 5.44. The summed E-state index contributed by atoms with van der Waals surface area (Å²) < 4.78 is 2.58. The molecule has 0 atom stereocenters. The lowest BCUT2D eigenvalue weighted by Crippen LogP contribution is -2.16. The van der Waals surface area contributed by atoms with Gasteiger partial charge in [-0.1, -0.05) is 0 Å². The number of carbonyl (C=O) groups is 1. The average Bonchev–Trinajstić information content (AvgIpc) is 2.75. The Hall–Kier alpha value is -1.82. The molecule has 5 nitrogen and oxygen atoms in total. The zero-order valence-corrected chi connectivity index (χ0v) is 12.4. The predicted molar refractivity (Wildman–Crippen MR) is 79.1 cm³/mol. The van der Waals surface area contributed by atoms with E-state index >= 15 is 0 Å². The normalized spacial score (nSPS) is 10.5. The molecule has 0 aromatic carbocycles. The van der Waals surface area contributed by atoms with Crippen LogP contribution in [0.15, 0.2) is 29.1 Å². The predicted octanol–water partition coefficient (Wildman–Crippen LogP) is 2.81. The molecule has 2 aromatic rings. The maximum absolute atomic E-state index is 12.2. The average molecular weight is 323 g/mol. The van der Waals surface area contributed by atoms with Gasteiger partial charge in [0.15, 0.2) is 0 Å². The molecule has 19 heavy (non-hydrogen) atoms. The number of aromatic nitrogens is 2. The van der Waals surface area contributed by atoms with E-state index in [-0.39, 0.29) is 5.91 Å². The van der Waals surface area contributed by atoms with Gasteiger partial charge in [-0.3, -0.25) is 4.79 Å². The topological polar surface area (TPSA) is 72.9 Å². The first-order valence-corrected chi connectivity index (χ1v) is 6.69. The van der Waals surface area contributed by atoms with Crippen molar-refractivity contribution in [2.75, 3.05) is 11.1 Å². The van der Waals surface area contributed by atoms with E-state index in [1.54, 1.807) is 18.5 Å². The number of hydrogen-bond acceptors (Lipinski definition) is 3. The molecular formula is C13H15BrN4O.